The third-order valence-electron chi connectivity index (χ3n) is 1.88. The zero-order chi connectivity index (χ0) is 10.4. The van der Waals surface area contributed by atoms with Crippen molar-refractivity contribution in [2.45, 2.75) is 39.2 Å². The van der Waals surface area contributed by atoms with Crippen molar-refractivity contribution in [2.24, 2.45) is 0 Å². The molecular weight excluding hydrogens is 182 g/mol. The average Bonchev–Trinajstić information content (AvgIpc) is 2.67. The molecule has 0 saturated carbocycles. The molecule has 1 rings (SSSR count). The van der Waals surface area contributed by atoms with Gasteiger partial charge in [-0.2, -0.15) is 5.21 Å². The third kappa shape index (κ3) is 3.12. The zero-order valence-corrected chi connectivity index (χ0v) is 8.45. The smallest absolute Gasteiger partial charge is 0.220 e. The van der Waals surface area contributed by atoms with Crippen molar-refractivity contribution in [1.82, 2.24) is 25.9 Å². The van der Waals surface area contributed by atoms with Crippen LogP contribution in [-0.4, -0.2) is 26.5 Å². The van der Waals surface area contributed by atoms with E-state index in [0.29, 0.717) is 12.2 Å². The Labute approximate surface area is 82.5 Å². The number of carbonyl (C=O) groups is 1. The fourth-order valence-corrected chi connectivity index (χ4v) is 1.07. The molecule has 0 radical (unpaired) electrons. The highest BCUT2D eigenvalue weighted by molar-refractivity contribution is 5.76. The molecule has 1 aromatic heterocycles. The fourth-order valence-electron chi connectivity index (χ4n) is 1.07. The topological polar surface area (TPSA) is 83.6 Å². The van der Waals surface area contributed by atoms with Crippen LogP contribution in [-0.2, 0) is 4.79 Å². The minimum absolute atomic E-state index is 0.0316. The van der Waals surface area contributed by atoms with Gasteiger partial charge < -0.3 is 5.32 Å². The van der Waals surface area contributed by atoms with Gasteiger partial charge in [-0.3, -0.25) is 4.79 Å². The first-order valence-electron chi connectivity index (χ1n) is 4.76. The summed E-state index contributed by atoms with van der Waals surface area (Å²) in [5.41, 5.74) is 0. The Morgan fingerprint density at radius 2 is 2.43 bits per heavy atom. The number of nitrogens with one attached hydrogen (secondary N) is 2. The summed E-state index contributed by atoms with van der Waals surface area (Å²) >= 11 is 0. The van der Waals surface area contributed by atoms with Gasteiger partial charge in [-0.1, -0.05) is 18.6 Å². The molecule has 1 atom stereocenters. The maximum absolute atomic E-state index is 11.3. The van der Waals surface area contributed by atoms with Crippen molar-refractivity contribution in [3.63, 3.8) is 0 Å². The minimum atomic E-state index is -0.182. The highest BCUT2D eigenvalue weighted by Gasteiger charge is 2.12. The van der Waals surface area contributed by atoms with Gasteiger partial charge in [-0.05, 0) is 13.3 Å². The molecule has 0 spiro atoms. The summed E-state index contributed by atoms with van der Waals surface area (Å²) in [4.78, 5) is 11.3. The number of H-pyrrole nitrogens is 1. The number of amides is 1. The van der Waals surface area contributed by atoms with E-state index in [1.165, 1.54) is 0 Å². The van der Waals surface area contributed by atoms with E-state index < -0.39 is 0 Å². The molecule has 0 aromatic carbocycles. The van der Waals surface area contributed by atoms with Crippen molar-refractivity contribution in [3.8, 4) is 0 Å². The molecule has 0 bridgehead atoms. The van der Waals surface area contributed by atoms with E-state index >= 15 is 0 Å². The summed E-state index contributed by atoms with van der Waals surface area (Å²) in [5.74, 6) is 0.541. The van der Waals surface area contributed by atoms with Crippen molar-refractivity contribution < 1.29 is 4.79 Å². The van der Waals surface area contributed by atoms with Gasteiger partial charge in [0.05, 0.1) is 6.04 Å². The lowest BCUT2D eigenvalue weighted by molar-refractivity contribution is -0.121. The summed E-state index contributed by atoms with van der Waals surface area (Å²) < 4.78 is 0. The van der Waals surface area contributed by atoms with E-state index in [2.05, 4.69) is 32.9 Å². The number of tetrazole rings is 1. The second-order valence-corrected chi connectivity index (χ2v) is 3.16. The monoisotopic (exact) mass is 197 g/mol. The van der Waals surface area contributed by atoms with E-state index in [-0.39, 0.29) is 11.9 Å². The van der Waals surface area contributed by atoms with Crippen LogP contribution < -0.4 is 5.32 Å². The molecule has 2 N–H and O–H groups in total. The lowest BCUT2D eigenvalue weighted by Crippen LogP contribution is -2.27. The second-order valence-electron chi connectivity index (χ2n) is 3.16. The SMILES string of the molecule is CCCCC(=O)NC(C)c1nn[nH]n1. The Bertz CT molecular complexity index is 271. The maximum atomic E-state index is 11.3. The molecule has 14 heavy (non-hydrogen) atoms. The zero-order valence-electron chi connectivity index (χ0n) is 8.45. The predicted molar refractivity (Wildman–Crippen MR) is 50.3 cm³/mol. The Kier molecular flexibility index (Phi) is 4.03. The quantitative estimate of drug-likeness (QED) is 0.722. The van der Waals surface area contributed by atoms with Crippen LogP contribution in [0.3, 0.4) is 0 Å². The molecule has 1 aromatic rings. The van der Waals surface area contributed by atoms with Gasteiger partial charge in [0.25, 0.3) is 0 Å². The number of hydrogen-bond donors (Lipinski definition) is 2. The van der Waals surface area contributed by atoms with E-state index in [0.717, 1.165) is 12.8 Å². The van der Waals surface area contributed by atoms with E-state index in [1.54, 1.807) is 0 Å². The van der Waals surface area contributed by atoms with Crippen molar-refractivity contribution in [3.05, 3.63) is 5.82 Å². The summed E-state index contributed by atoms with van der Waals surface area (Å²) in [6.07, 6.45) is 2.48. The Hall–Kier alpha value is -1.46. The molecular formula is C8H15N5O. The van der Waals surface area contributed by atoms with Gasteiger partial charge >= 0.3 is 0 Å². The molecule has 1 amide bonds. The lowest BCUT2D eigenvalue weighted by Gasteiger charge is -2.08. The molecule has 6 heteroatoms. The minimum Gasteiger partial charge on any atom is -0.346 e. The molecule has 0 aliphatic carbocycles. The molecule has 0 aliphatic rings. The Morgan fingerprint density at radius 3 is 3.00 bits per heavy atom. The van der Waals surface area contributed by atoms with Crippen molar-refractivity contribution in [2.75, 3.05) is 0 Å². The highest BCUT2D eigenvalue weighted by atomic mass is 16.1. The van der Waals surface area contributed by atoms with Crippen LogP contribution in [0.25, 0.3) is 0 Å². The van der Waals surface area contributed by atoms with Gasteiger partial charge in [-0.25, -0.2) is 0 Å². The van der Waals surface area contributed by atoms with Gasteiger partial charge in [-0.15, -0.1) is 10.2 Å². The lowest BCUT2D eigenvalue weighted by atomic mass is 10.2. The average molecular weight is 197 g/mol. The molecule has 1 unspecified atom stereocenters. The standard InChI is InChI=1S/C8H15N5O/c1-3-4-5-7(14)9-6(2)8-10-12-13-11-8/h6H,3-5H2,1-2H3,(H,9,14)(H,10,11,12,13). The first-order chi connectivity index (χ1) is 6.74. The van der Waals surface area contributed by atoms with E-state index in [4.69, 9.17) is 0 Å². The van der Waals surface area contributed by atoms with Crippen LogP contribution in [0, 0.1) is 0 Å². The molecule has 0 fully saturated rings. The molecule has 0 aliphatic heterocycles. The van der Waals surface area contributed by atoms with E-state index in [1.807, 2.05) is 6.92 Å². The first kappa shape index (κ1) is 10.6. The summed E-state index contributed by atoms with van der Waals surface area (Å²) in [5, 5.41) is 16.1. The second kappa shape index (κ2) is 5.31. The van der Waals surface area contributed by atoms with Crippen molar-refractivity contribution in [1.29, 1.82) is 0 Å². The number of aromatic nitrogens is 4. The summed E-state index contributed by atoms with van der Waals surface area (Å²) in [7, 11) is 0. The first-order valence-corrected chi connectivity index (χ1v) is 4.76. The van der Waals surface area contributed by atoms with Gasteiger partial charge in [0.1, 0.15) is 0 Å². The van der Waals surface area contributed by atoms with Crippen LogP contribution in [0.2, 0.25) is 0 Å². The van der Waals surface area contributed by atoms with Crippen LogP contribution >= 0.6 is 0 Å². The van der Waals surface area contributed by atoms with Crippen LogP contribution in [0.15, 0.2) is 0 Å². The Morgan fingerprint density at radius 1 is 1.64 bits per heavy atom. The van der Waals surface area contributed by atoms with E-state index in [9.17, 15) is 4.79 Å². The number of carbonyl (C=O) groups excluding carboxylic acids is 1. The van der Waals surface area contributed by atoms with Gasteiger partial charge in [0, 0.05) is 6.42 Å². The van der Waals surface area contributed by atoms with Crippen LogP contribution in [0.4, 0.5) is 0 Å². The molecule has 78 valence electrons. The maximum Gasteiger partial charge on any atom is 0.220 e. The number of nitrogens with zero attached hydrogens (tertiary/aromatic N) is 3. The van der Waals surface area contributed by atoms with Crippen LogP contribution in [0.5, 0.6) is 0 Å². The predicted octanol–water partition coefficient (Wildman–Crippen LogP) is 0.567. The van der Waals surface area contributed by atoms with Gasteiger partial charge in [0.2, 0.25) is 5.91 Å². The molecule has 6 nitrogen and oxygen atoms in total. The summed E-state index contributed by atoms with van der Waals surface area (Å²) in [6, 6.07) is -0.182. The normalized spacial score (nSPS) is 12.4. The number of hydrogen-bond acceptors (Lipinski definition) is 4. The molecule has 1 heterocycles. The van der Waals surface area contributed by atoms with Gasteiger partial charge in [0.15, 0.2) is 5.82 Å². The summed E-state index contributed by atoms with van der Waals surface area (Å²) in [6.45, 7) is 3.88. The van der Waals surface area contributed by atoms with Crippen molar-refractivity contribution >= 4 is 5.91 Å². The number of unbranched alkanes of at least 4 members (excludes halogenated alkanes) is 1. The van der Waals surface area contributed by atoms with Crippen LogP contribution in [0.1, 0.15) is 45.0 Å². The molecule has 0 saturated heterocycles. The Balaban J connectivity index is 2.33. The largest absolute Gasteiger partial charge is 0.346 e. The third-order valence-corrected chi connectivity index (χ3v) is 1.88. The number of aromatic amines is 1. The fraction of sp³-hybridized carbons (Fsp3) is 0.750. The highest BCUT2D eigenvalue weighted by Crippen LogP contribution is 2.04. The number of rotatable bonds is 5.